The monoisotopic (exact) mass is 280 g/mol. The van der Waals surface area contributed by atoms with Gasteiger partial charge in [0, 0.05) is 0 Å². The molecule has 1 aromatic rings. The summed E-state index contributed by atoms with van der Waals surface area (Å²) in [4.78, 5) is 22.9. The minimum atomic E-state index is -1.07. The molecule has 0 unspecified atom stereocenters. The summed E-state index contributed by atoms with van der Waals surface area (Å²) >= 11 is 0. The fourth-order valence-corrected chi connectivity index (χ4v) is 1.78. The number of carboxylic acid groups (broad SMARTS) is 1. The Morgan fingerprint density at radius 2 is 2.05 bits per heavy atom. The predicted molar refractivity (Wildman–Crippen MR) is 76.0 cm³/mol. The molecule has 0 spiro atoms. The molecule has 0 aliphatic rings. The van der Waals surface area contributed by atoms with Gasteiger partial charge in [-0.15, -0.1) is 0 Å². The molecule has 0 aliphatic heterocycles. The highest BCUT2D eigenvalue weighted by Gasteiger charge is 2.17. The molecule has 1 rings (SSSR count). The van der Waals surface area contributed by atoms with Gasteiger partial charge in [0.1, 0.15) is 5.75 Å². The van der Waals surface area contributed by atoms with Gasteiger partial charge in [0.25, 0.3) is 0 Å². The van der Waals surface area contributed by atoms with Crippen LogP contribution in [0.3, 0.4) is 0 Å². The first-order valence-corrected chi connectivity index (χ1v) is 6.33. The molecule has 1 aromatic carbocycles. The van der Waals surface area contributed by atoms with Gasteiger partial charge in [0.05, 0.1) is 24.4 Å². The summed E-state index contributed by atoms with van der Waals surface area (Å²) in [5.74, 6) is -0.753. The molecule has 0 saturated carbocycles. The lowest BCUT2D eigenvalue weighted by Crippen LogP contribution is -2.36. The number of hydrogen-bond acceptors (Lipinski definition) is 4. The standard InChI is InChI=1S/C14H20N2O4/c1-8(2)6-10(15)13(17)16-11-7-9(14(18)19)4-5-12(11)20-3/h4-5,7-8,10H,6,15H2,1-3H3,(H,16,17)(H,18,19)/t10-/m0/s1. The Bertz CT molecular complexity index is 500. The third kappa shape index (κ3) is 4.24. The number of anilines is 1. The second-order valence-electron chi connectivity index (χ2n) is 4.95. The SMILES string of the molecule is COc1ccc(C(=O)O)cc1NC(=O)[C@@H](N)CC(C)C. The molecular formula is C14H20N2O4. The first-order chi connectivity index (χ1) is 9.35. The van der Waals surface area contributed by atoms with Crippen LogP contribution in [0.1, 0.15) is 30.6 Å². The molecule has 6 heteroatoms. The number of rotatable bonds is 6. The molecule has 6 nitrogen and oxygen atoms in total. The lowest BCUT2D eigenvalue weighted by atomic mass is 10.0. The predicted octanol–water partition coefficient (Wildman–Crippen LogP) is 1.71. The maximum absolute atomic E-state index is 12.0. The average molecular weight is 280 g/mol. The molecular weight excluding hydrogens is 260 g/mol. The van der Waals surface area contributed by atoms with Crippen molar-refractivity contribution in [2.75, 3.05) is 12.4 Å². The minimum Gasteiger partial charge on any atom is -0.495 e. The van der Waals surface area contributed by atoms with Crippen LogP contribution in [0.25, 0.3) is 0 Å². The first-order valence-electron chi connectivity index (χ1n) is 6.33. The Hall–Kier alpha value is -2.08. The summed E-state index contributed by atoms with van der Waals surface area (Å²) in [5.41, 5.74) is 6.16. The molecule has 4 N–H and O–H groups in total. The first kappa shape index (κ1) is 16.0. The van der Waals surface area contributed by atoms with Crippen molar-refractivity contribution in [3.05, 3.63) is 23.8 Å². The number of carbonyl (C=O) groups excluding carboxylic acids is 1. The number of amides is 1. The summed E-state index contributed by atoms with van der Waals surface area (Å²) in [6, 6.07) is 3.60. The summed E-state index contributed by atoms with van der Waals surface area (Å²) in [6.45, 7) is 3.94. The van der Waals surface area contributed by atoms with Crippen LogP contribution in [0, 0.1) is 5.92 Å². The third-order valence-corrected chi connectivity index (χ3v) is 2.77. The Labute approximate surface area is 117 Å². The molecule has 0 saturated heterocycles. The Kier molecular flexibility index (Phi) is 5.52. The van der Waals surface area contributed by atoms with Crippen molar-refractivity contribution < 1.29 is 19.4 Å². The number of carbonyl (C=O) groups is 2. The van der Waals surface area contributed by atoms with E-state index in [9.17, 15) is 9.59 Å². The van der Waals surface area contributed by atoms with Crippen molar-refractivity contribution in [3.8, 4) is 5.75 Å². The Morgan fingerprint density at radius 3 is 2.55 bits per heavy atom. The second-order valence-corrected chi connectivity index (χ2v) is 4.95. The Morgan fingerprint density at radius 1 is 1.40 bits per heavy atom. The molecule has 0 aromatic heterocycles. The molecule has 0 aliphatic carbocycles. The molecule has 0 fully saturated rings. The fourth-order valence-electron chi connectivity index (χ4n) is 1.78. The molecule has 0 radical (unpaired) electrons. The van der Waals surface area contributed by atoms with Crippen molar-refractivity contribution >= 4 is 17.6 Å². The smallest absolute Gasteiger partial charge is 0.335 e. The van der Waals surface area contributed by atoms with Crippen molar-refractivity contribution in [2.45, 2.75) is 26.3 Å². The highest BCUT2D eigenvalue weighted by molar-refractivity contribution is 5.98. The normalized spacial score (nSPS) is 12.1. The fraction of sp³-hybridized carbons (Fsp3) is 0.429. The van der Waals surface area contributed by atoms with Gasteiger partial charge in [0.15, 0.2) is 0 Å². The van der Waals surface area contributed by atoms with Crippen LogP contribution in [-0.2, 0) is 4.79 Å². The van der Waals surface area contributed by atoms with Gasteiger partial charge < -0.3 is 20.9 Å². The second kappa shape index (κ2) is 6.91. The van der Waals surface area contributed by atoms with E-state index in [1.165, 1.54) is 25.3 Å². The summed E-state index contributed by atoms with van der Waals surface area (Å²) < 4.78 is 5.09. The van der Waals surface area contributed by atoms with Crippen molar-refractivity contribution in [2.24, 2.45) is 11.7 Å². The summed E-state index contributed by atoms with van der Waals surface area (Å²) in [6.07, 6.45) is 0.548. The van der Waals surface area contributed by atoms with Crippen LogP contribution < -0.4 is 15.8 Å². The lowest BCUT2D eigenvalue weighted by molar-refractivity contribution is -0.117. The Balaban J connectivity index is 2.92. The van der Waals surface area contributed by atoms with E-state index in [2.05, 4.69) is 5.32 Å². The number of nitrogens with two attached hydrogens (primary N) is 1. The third-order valence-electron chi connectivity index (χ3n) is 2.77. The van der Waals surface area contributed by atoms with E-state index in [1.54, 1.807) is 0 Å². The van der Waals surface area contributed by atoms with Crippen molar-refractivity contribution in [1.82, 2.24) is 0 Å². The number of methoxy groups -OCH3 is 1. The summed E-state index contributed by atoms with van der Waals surface area (Å²) in [5, 5.41) is 11.6. The largest absolute Gasteiger partial charge is 0.495 e. The van der Waals surface area contributed by atoms with E-state index in [1.807, 2.05) is 13.8 Å². The van der Waals surface area contributed by atoms with Crippen molar-refractivity contribution in [3.63, 3.8) is 0 Å². The maximum atomic E-state index is 12.0. The maximum Gasteiger partial charge on any atom is 0.335 e. The molecule has 0 heterocycles. The average Bonchev–Trinajstić information content (AvgIpc) is 2.37. The van der Waals surface area contributed by atoms with E-state index in [0.29, 0.717) is 23.8 Å². The summed E-state index contributed by atoms with van der Waals surface area (Å²) in [7, 11) is 1.44. The lowest BCUT2D eigenvalue weighted by Gasteiger charge is -2.16. The molecule has 1 amide bonds. The van der Waals surface area contributed by atoms with Gasteiger partial charge in [-0.1, -0.05) is 13.8 Å². The van der Waals surface area contributed by atoms with Crippen LogP contribution in [0.15, 0.2) is 18.2 Å². The number of benzene rings is 1. The zero-order valence-electron chi connectivity index (χ0n) is 11.8. The van der Waals surface area contributed by atoms with Gasteiger partial charge >= 0.3 is 5.97 Å². The molecule has 20 heavy (non-hydrogen) atoms. The number of hydrogen-bond donors (Lipinski definition) is 3. The van der Waals surface area contributed by atoms with Crippen LogP contribution in [0.2, 0.25) is 0 Å². The van der Waals surface area contributed by atoms with Gasteiger partial charge in [-0.3, -0.25) is 4.79 Å². The number of aromatic carboxylic acids is 1. The zero-order valence-corrected chi connectivity index (χ0v) is 11.8. The zero-order chi connectivity index (χ0) is 15.3. The highest BCUT2D eigenvalue weighted by Crippen LogP contribution is 2.25. The van der Waals surface area contributed by atoms with Gasteiger partial charge in [-0.25, -0.2) is 4.79 Å². The van der Waals surface area contributed by atoms with E-state index < -0.39 is 12.0 Å². The van der Waals surface area contributed by atoms with Crippen LogP contribution >= 0.6 is 0 Å². The number of ether oxygens (including phenoxy) is 1. The van der Waals surface area contributed by atoms with E-state index in [4.69, 9.17) is 15.6 Å². The minimum absolute atomic E-state index is 0.0681. The van der Waals surface area contributed by atoms with Crippen molar-refractivity contribution in [1.29, 1.82) is 0 Å². The van der Waals surface area contributed by atoms with Crippen LogP contribution in [-0.4, -0.2) is 30.1 Å². The van der Waals surface area contributed by atoms with Gasteiger partial charge in [-0.05, 0) is 30.5 Å². The van der Waals surface area contributed by atoms with Gasteiger partial charge in [-0.2, -0.15) is 0 Å². The quantitative estimate of drug-likeness (QED) is 0.736. The molecule has 110 valence electrons. The van der Waals surface area contributed by atoms with Crippen LogP contribution in [0.5, 0.6) is 5.75 Å². The van der Waals surface area contributed by atoms with E-state index in [-0.39, 0.29) is 11.5 Å². The van der Waals surface area contributed by atoms with Gasteiger partial charge in [0.2, 0.25) is 5.91 Å². The highest BCUT2D eigenvalue weighted by atomic mass is 16.5. The molecule has 0 bridgehead atoms. The number of nitrogens with one attached hydrogen (secondary N) is 1. The van der Waals surface area contributed by atoms with E-state index in [0.717, 1.165) is 0 Å². The number of carboxylic acids is 1. The molecule has 1 atom stereocenters. The van der Waals surface area contributed by atoms with E-state index >= 15 is 0 Å². The van der Waals surface area contributed by atoms with Crippen LogP contribution in [0.4, 0.5) is 5.69 Å². The topological polar surface area (TPSA) is 102 Å².